The SMILES string of the molecule is CC/C(F)=C\NC1C=C(C)NC(N)C1C(=O)NC1CNCCC1N1CNC(C)N1. The lowest BCUT2D eigenvalue weighted by molar-refractivity contribution is -0.128. The van der Waals surface area contributed by atoms with Gasteiger partial charge in [0.15, 0.2) is 0 Å². The zero-order valence-corrected chi connectivity index (χ0v) is 17.5. The normalized spacial score (nSPS) is 36.3. The number of hydrogen-bond donors (Lipinski definition) is 7. The largest absolute Gasteiger partial charge is 0.382 e. The van der Waals surface area contributed by atoms with E-state index in [2.05, 4.69) is 43.9 Å². The van der Waals surface area contributed by atoms with E-state index in [0.29, 0.717) is 13.0 Å². The fourth-order valence-electron chi connectivity index (χ4n) is 4.20. The molecule has 0 aliphatic carbocycles. The third-order valence-electron chi connectivity index (χ3n) is 5.77. The molecule has 10 heteroatoms. The number of carbonyl (C=O) groups excluding carboxylic acids is 1. The minimum absolute atomic E-state index is 0.0568. The van der Waals surface area contributed by atoms with Gasteiger partial charge >= 0.3 is 0 Å². The van der Waals surface area contributed by atoms with Gasteiger partial charge in [-0.2, -0.15) is 0 Å². The molecule has 1 amide bonds. The number of nitrogens with two attached hydrogens (primary N) is 1. The van der Waals surface area contributed by atoms with E-state index >= 15 is 0 Å². The van der Waals surface area contributed by atoms with Crippen LogP contribution in [0, 0.1) is 5.92 Å². The number of halogens is 1. The second-order valence-electron chi connectivity index (χ2n) is 8.04. The standard InChI is InChI=1S/C19H35FN8O/c1-4-13(20)8-23-14-7-11(2)25-18(21)17(14)19(29)26-15-9-22-6-5-16(15)28-10-24-12(3)27-28/h7-8,12,14-18,22-25,27H,4-6,9-10,21H2,1-3H3,(H,26,29)/b13-8+. The van der Waals surface area contributed by atoms with Crippen LogP contribution in [0.2, 0.25) is 0 Å². The van der Waals surface area contributed by atoms with Crippen molar-refractivity contribution in [3.63, 3.8) is 0 Å². The van der Waals surface area contributed by atoms with Crippen LogP contribution >= 0.6 is 0 Å². The Morgan fingerprint density at radius 2 is 2.28 bits per heavy atom. The lowest BCUT2D eigenvalue weighted by Crippen LogP contribution is -2.65. The Hall–Kier alpha value is -1.72. The molecule has 8 N–H and O–H groups in total. The Morgan fingerprint density at radius 3 is 2.97 bits per heavy atom. The first kappa shape index (κ1) is 22.0. The van der Waals surface area contributed by atoms with Gasteiger partial charge in [-0.05, 0) is 39.3 Å². The molecule has 0 aromatic rings. The Kier molecular flexibility index (Phi) is 7.47. The van der Waals surface area contributed by atoms with Crippen molar-refractivity contribution in [2.45, 2.75) is 64.1 Å². The lowest BCUT2D eigenvalue weighted by atomic mass is 9.90. The summed E-state index contributed by atoms with van der Waals surface area (Å²) in [6.45, 7) is 8.02. The van der Waals surface area contributed by atoms with Crippen molar-refractivity contribution in [2.75, 3.05) is 19.8 Å². The van der Waals surface area contributed by atoms with Crippen molar-refractivity contribution in [1.82, 2.24) is 37.0 Å². The molecule has 3 rings (SSSR count). The zero-order valence-electron chi connectivity index (χ0n) is 17.5. The molecule has 0 aromatic carbocycles. The number of amides is 1. The summed E-state index contributed by atoms with van der Waals surface area (Å²) in [5, 5.41) is 18.2. The van der Waals surface area contributed by atoms with Gasteiger partial charge in [0.05, 0.1) is 37.0 Å². The van der Waals surface area contributed by atoms with Crippen LogP contribution in [0.3, 0.4) is 0 Å². The van der Waals surface area contributed by atoms with Crippen molar-refractivity contribution >= 4 is 5.91 Å². The van der Waals surface area contributed by atoms with Crippen LogP contribution in [0.1, 0.15) is 33.6 Å². The summed E-state index contributed by atoms with van der Waals surface area (Å²) < 4.78 is 13.6. The molecule has 9 nitrogen and oxygen atoms in total. The van der Waals surface area contributed by atoms with Crippen LogP contribution in [-0.2, 0) is 4.79 Å². The number of nitrogens with one attached hydrogen (secondary N) is 6. The van der Waals surface area contributed by atoms with Crippen molar-refractivity contribution in [2.24, 2.45) is 11.7 Å². The van der Waals surface area contributed by atoms with Crippen molar-refractivity contribution in [3.05, 3.63) is 23.8 Å². The number of allylic oxidation sites excluding steroid dienone is 2. The van der Waals surface area contributed by atoms with Gasteiger partial charge in [0, 0.05) is 24.5 Å². The van der Waals surface area contributed by atoms with Gasteiger partial charge in [0.2, 0.25) is 5.91 Å². The highest BCUT2D eigenvalue weighted by atomic mass is 19.1. The molecule has 0 bridgehead atoms. The maximum absolute atomic E-state index is 13.6. The van der Waals surface area contributed by atoms with Crippen LogP contribution in [0.15, 0.2) is 23.8 Å². The van der Waals surface area contributed by atoms with E-state index in [9.17, 15) is 9.18 Å². The van der Waals surface area contributed by atoms with Crippen molar-refractivity contribution in [1.29, 1.82) is 0 Å². The maximum atomic E-state index is 13.6. The summed E-state index contributed by atoms with van der Waals surface area (Å²) >= 11 is 0. The van der Waals surface area contributed by atoms with E-state index in [-0.39, 0.29) is 36.0 Å². The number of carbonyl (C=O) groups is 1. The minimum atomic E-state index is -0.564. The van der Waals surface area contributed by atoms with Crippen LogP contribution in [0.5, 0.6) is 0 Å². The number of nitrogens with zero attached hydrogens (tertiary/aromatic N) is 1. The highest BCUT2D eigenvalue weighted by molar-refractivity contribution is 5.81. The van der Waals surface area contributed by atoms with Gasteiger partial charge < -0.3 is 27.0 Å². The monoisotopic (exact) mass is 410 g/mol. The molecule has 6 atom stereocenters. The van der Waals surface area contributed by atoms with E-state index in [0.717, 1.165) is 25.3 Å². The van der Waals surface area contributed by atoms with Crippen LogP contribution in [0.25, 0.3) is 0 Å². The van der Waals surface area contributed by atoms with Crippen molar-refractivity contribution in [3.8, 4) is 0 Å². The van der Waals surface area contributed by atoms with Gasteiger partial charge in [-0.15, -0.1) is 0 Å². The van der Waals surface area contributed by atoms with Gasteiger partial charge in [0.1, 0.15) is 5.83 Å². The molecule has 164 valence electrons. The quantitative estimate of drug-likeness (QED) is 0.302. The molecule has 0 aromatic heterocycles. The smallest absolute Gasteiger partial charge is 0.229 e. The van der Waals surface area contributed by atoms with E-state index in [1.807, 2.05) is 13.0 Å². The number of hydrazine groups is 1. The fourth-order valence-corrected chi connectivity index (χ4v) is 4.20. The first-order valence-corrected chi connectivity index (χ1v) is 10.5. The average molecular weight is 411 g/mol. The summed E-state index contributed by atoms with van der Waals surface area (Å²) in [5.74, 6) is -0.971. The molecule has 0 radical (unpaired) electrons. The third-order valence-corrected chi connectivity index (χ3v) is 5.77. The summed E-state index contributed by atoms with van der Waals surface area (Å²) in [6, 6.07) is -0.268. The van der Waals surface area contributed by atoms with E-state index in [4.69, 9.17) is 5.73 Å². The predicted octanol–water partition coefficient (Wildman–Crippen LogP) is -0.866. The molecular weight excluding hydrogens is 375 g/mol. The van der Waals surface area contributed by atoms with Gasteiger partial charge in [-0.25, -0.2) is 14.8 Å². The van der Waals surface area contributed by atoms with Gasteiger partial charge in [0.25, 0.3) is 0 Å². The van der Waals surface area contributed by atoms with Crippen molar-refractivity contribution < 1.29 is 9.18 Å². The number of piperidine rings is 1. The molecule has 0 spiro atoms. The Bertz CT molecular complexity index is 642. The second kappa shape index (κ2) is 9.86. The van der Waals surface area contributed by atoms with Gasteiger partial charge in [-0.3, -0.25) is 10.1 Å². The number of rotatable bonds is 6. The molecular formula is C19H35FN8O. The van der Waals surface area contributed by atoms with E-state index in [1.54, 1.807) is 6.92 Å². The molecule has 3 aliphatic heterocycles. The zero-order chi connectivity index (χ0) is 21.0. The van der Waals surface area contributed by atoms with E-state index in [1.165, 1.54) is 6.20 Å². The summed E-state index contributed by atoms with van der Waals surface area (Å²) in [5.41, 5.74) is 10.5. The first-order valence-electron chi connectivity index (χ1n) is 10.5. The van der Waals surface area contributed by atoms with Crippen LogP contribution in [0.4, 0.5) is 4.39 Å². The lowest BCUT2D eigenvalue weighted by Gasteiger charge is -2.40. The topological polar surface area (TPSA) is 119 Å². The summed E-state index contributed by atoms with van der Waals surface area (Å²) in [7, 11) is 0. The third kappa shape index (κ3) is 5.46. The predicted molar refractivity (Wildman–Crippen MR) is 110 cm³/mol. The molecule has 2 saturated heterocycles. The molecule has 3 aliphatic rings. The first-order chi connectivity index (χ1) is 13.9. The Morgan fingerprint density at radius 1 is 1.48 bits per heavy atom. The van der Waals surface area contributed by atoms with Crippen LogP contribution < -0.4 is 37.7 Å². The fraction of sp³-hybridized carbons (Fsp3) is 0.737. The average Bonchev–Trinajstić information content (AvgIpc) is 3.12. The molecule has 6 unspecified atom stereocenters. The maximum Gasteiger partial charge on any atom is 0.229 e. The molecule has 2 fully saturated rings. The van der Waals surface area contributed by atoms with Gasteiger partial charge in [-0.1, -0.05) is 6.92 Å². The molecule has 3 heterocycles. The summed E-state index contributed by atoms with van der Waals surface area (Å²) in [6.07, 6.45) is 4.09. The Labute approximate surface area is 172 Å². The highest BCUT2D eigenvalue weighted by Crippen LogP contribution is 2.19. The minimum Gasteiger partial charge on any atom is -0.382 e. The van der Waals surface area contributed by atoms with Crippen LogP contribution in [-0.4, -0.2) is 61.1 Å². The molecule has 29 heavy (non-hydrogen) atoms. The van der Waals surface area contributed by atoms with E-state index < -0.39 is 12.1 Å². The number of hydrogen-bond acceptors (Lipinski definition) is 8. The second-order valence-corrected chi connectivity index (χ2v) is 8.04. The molecule has 0 saturated carbocycles. The highest BCUT2D eigenvalue weighted by Gasteiger charge is 2.39. The summed E-state index contributed by atoms with van der Waals surface area (Å²) in [4.78, 5) is 13.2. The Balaban J connectivity index is 1.70.